The van der Waals surface area contributed by atoms with E-state index in [-0.39, 0.29) is 18.3 Å². The first-order chi connectivity index (χ1) is 14.5. The Morgan fingerprint density at radius 3 is 2.90 bits per heavy atom. The molecule has 1 aliphatic heterocycles. The molecule has 3 heterocycles. The van der Waals surface area contributed by atoms with Gasteiger partial charge in [-0.05, 0) is 29.8 Å². The normalized spacial score (nSPS) is 21.9. The molecule has 0 spiro atoms. The molecule has 0 radical (unpaired) electrons. The van der Waals surface area contributed by atoms with Crippen LogP contribution in [0.15, 0.2) is 45.8 Å². The van der Waals surface area contributed by atoms with Crippen molar-refractivity contribution in [2.24, 2.45) is 0 Å². The maximum atomic E-state index is 11.4. The molecular formula is C19H18Cl2N4O5. The minimum Gasteiger partial charge on any atom is -0.469 e. The van der Waals surface area contributed by atoms with E-state index in [2.05, 4.69) is 25.0 Å². The smallest absolute Gasteiger partial charge is 0.439 e. The number of aromatic amines is 1. The Hall–Kier alpha value is -2.43. The SMILES string of the molecule is O=c1[nH]c(-c2cccnc2OC2CNCCOC2(CO)c2ccc(Cl)c(Cl)c2)no1. The highest BCUT2D eigenvalue weighted by atomic mass is 35.5. The van der Waals surface area contributed by atoms with Crippen LogP contribution < -0.4 is 15.8 Å². The van der Waals surface area contributed by atoms with Gasteiger partial charge in [-0.2, -0.15) is 0 Å². The average molecular weight is 453 g/mol. The largest absolute Gasteiger partial charge is 0.469 e. The predicted octanol–water partition coefficient (Wildman–Crippen LogP) is 1.99. The molecule has 2 atom stereocenters. The van der Waals surface area contributed by atoms with Crippen LogP contribution in [0.5, 0.6) is 5.88 Å². The lowest BCUT2D eigenvalue weighted by Gasteiger charge is -2.38. The number of pyridine rings is 1. The number of nitrogens with zero attached hydrogens (tertiary/aromatic N) is 2. The Balaban J connectivity index is 1.76. The summed E-state index contributed by atoms with van der Waals surface area (Å²) in [4.78, 5) is 18.1. The van der Waals surface area contributed by atoms with Gasteiger partial charge < -0.3 is 19.9 Å². The molecule has 9 nitrogen and oxygen atoms in total. The van der Waals surface area contributed by atoms with Gasteiger partial charge in [0.15, 0.2) is 11.4 Å². The first kappa shape index (κ1) is 20.8. The lowest BCUT2D eigenvalue weighted by atomic mass is 9.88. The van der Waals surface area contributed by atoms with Crippen LogP contribution in [0.1, 0.15) is 5.56 Å². The number of nitrogens with one attached hydrogen (secondary N) is 2. The average Bonchev–Trinajstić information content (AvgIpc) is 3.08. The first-order valence-electron chi connectivity index (χ1n) is 9.12. The molecule has 2 aromatic heterocycles. The van der Waals surface area contributed by atoms with Crippen LogP contribution in [0.25, 0.3) is 11.4 Å². The summed E-state index contributed by atoms with van der Waals surface area (Å²) in [7, 11) is 0. The Morgan fingerprint density at radius 2 is 2.17 bits per heavy atom. The molecule has 0 aliphatic carbocycles. The van der Waals surface area contributed by atoms with Crippen molar-refractivity contribution in [2.45, 2.75) is 11.7 Å². The van der Waals surface area contributed by atoms with E-state index in [1.165, 1.54) is 0 Å². The number of rotatable bonds is 5. The lowest BCUT2D eigenvalue weighted by molar-refractivity contribution is -0.133. The molecular weight excluding hydrogens is 435 g/mol. The third kappa shape index (κ3) is 3.94. The monoisotopic (exact) mass is 452 g/mol. The molecule has 0 amide bonds. The fourth-order valence-corrected chi connectivity index (χ4v) is 3.64. The maximum Gasteiger partial charge on any atom is 0.439 e. The second-order valence-electron chi connectivity index (χ2n) is 6.64. The molecule has 11 heteroatoms. The van der Waals surface area contributed by atoms with Gasteiger partial charge in [0.1, 0.15) is 6.10 Å². The summed E-state index contributed by atoms with van der Waals surface area (Å²) in [5.74, 6) is -0.327. The number of hydrogen-bond acceptors (Lipinski definition) is 8. The van der Waals surface area contributed by atoms with Gasteiger partial charge in [-0.15, -0.1) is 0 Å². The highest BCUT2D eigenvalue weighted by Gasteiger charge is 2.45. The zero-order valence-corrected chi connectivity index (χ0v) is 17.1. The van der Waals surface area contributed by atoms with Crippen LogP contribution in [-0.2, 0) is 10.3 Å². The van der Waals surface area contributed by atoms with Crippen molar-refractivity contribution in [3.8, 4) is 17.3 Å². The summed E-state index contributed by atoms with van der Waals surface area (Å²) in [6.07, 6.45) is 0.844. The van der Waals surface area contributed by atoms with Gasteiger partial charge in [0, 0.05) is 19.3 Å². The maximum absolute atomic E-state index is 11.4. The molecule has 1 fully saturated rings. The summed E-state index contributed by atoms with van der Waals surface area (Å²) < 4.78 is 16.9. The molecule has 2 unspecified atom stereocenters. The standard InChI is InChI=1S/C19H18Cl2N4O5/c20-13-4-3-11(8-14(13)21)19(10-26)15(9-22-6-7-28-19)29-17-12(2-1-5-23-17)16-24-18(27)30-25-16/h1-5,8,15,22,26H,6-7,9-10H2,(H,24,25,27). The number of hydrogen-bond donors (Lipinski definition) is 3. The fourth-order valence-electron chi connectivity index (χ4n) is 3.35. The minimum atomic E-state index is -1.23. The van der Waals surface area contributed by atoms with E-state index in [0.29, 0.717) is 40.9 Å². The van der Waals surface area contributed by atoms with Crippen molar-refractivity contribution < 1.29 is 19.1 Å². The third-order valence-corrected chi connectivity index (χ3v) is 5.59. The Bertz CT molecular complexity index is 1090. The van der Waals surface area contributed by atoms with E-state index in [0.717, 1.165) is 0 Å². The van der Waals surface area contributed by atoms with Crippen molar-refractivity contribution in [3.05, 3.63) is 62.7 Å². The van der Waals surface area contributed by atoms with E-state index in [4.69, 9.17) is 32.7 Å². The van der Waals surface area contributed by atoms with Crippen molar-refractivity contribution in [1.82, 2.24) is 20.4 Å². The molecule has 3 aromatic rings. The van der Waals surface area contributed by atoms with Crippen LogP contribution in [0.3, 0.4) is 0 Å². The number of H-pyrrole nitrogens is 1. The Kier molecular flexibility index (Phi) is 6.07. The minimum absolute atomic E-state index is 0.176. The van der Waals surface area contributed by atoms with Crippen LogP contribution >= 0.6 is 23.2 Å². The lowest BCUT2D eigenvalue weighted by Crippen LogP contribution is -2.51. The highest BCUT2D eigenvalue weighted by molar-refractivity contribution is 6.42. The van der Waals surface area contributed by atoms with Crippen molar-refractivity contribution in [1.29, 1.82) is 0 Å². The van der Waals surface area contributed by atoms with E-state index in [1.54, 1.807) is 36.5 Å². The number of benzene rings is 1. The van der Waals surface area contributed by atoms with Gasteiger partial charge in [-0.1, -0.05) is 34.4 Å². The van der Waals surface area contributed by atoms with E-state index < -0.39 is 17.5 Å². The van der Waals surface area contributed by atoms with Gasteiger partial charge in [-0.3, -0.25) is 9.51 Å². The van der Waals surface area contributed by atoms with Crippen molar-refractivity contribution >= 4 is 23.2 Å². The molecule has 1 aromatic carbocycles. The zero-order valence-electron chi connectivity index (χ0n) is 15.6. The quantitative estimate of drug-likeness (QED) is 0.536. The first-order valence-corrected chi connectivity index (χ1v) is 9.88. The zero-order chi connectivity index (χ0) is 21.1. The fraction of sp³-hybridized carbons (Fsp3) is 0.316. The van der Waals surface area contributed by atoms with Crippen molar-refractivity contribution in [2.75, 3.05) is 26.3 Å². The molecule has 158 valence electrons. The molecule has 1 saturated heterocycles. The molecule has 4 rings (SSSR count). The summed E-state index contributed by atoms with van der Waals surface area (Å²) in [5.41, 5.74) is -0.196. The summed E-state index contributed by atoms with van der Waals surface area (Å²) >= 11 is 12.3. The number of aliphatic hydroxyl groups is 1. The Labute approximate surface area is 180 Å². The molecule has 0 saturated carbocycles. The van der Waals surface area contributed by atoms with Gasteiger partial charge in [0.2, 0.25) is 5.88 Å². The number of aromatic nitrogens is 3. The topological polar surface area (TPSA) is 123 Å². The van der Waals surface area contributed by atoms with E-state index in [9.17, 15) is 9.90 Å². The predicted molar refractivity (Wildman–Crippen MR) is 109 cm³/mol. The van der Waals surface area contributed by atoms with Crippen LogP contribution in [-0.4, -0.2) is 52.6 Å². The van der Waals surface area contributed by atoms with Crippen LogP contribution in [0.4, 0.5) is 0 Å². The van der Waals surface area contributed by atoms with Gasteiger partial charge >= 0.3 is 5.76 Å². The number of aliphatic hydroxyl groups excluding tert-OH is 1. The van der Waals surface area contributed by atoms with Gasteiger partial charge in [-0.25, -0.2) is 9.78 Å². The Morgan fingerprint density at radius 1 is 1.30 bits per heavy atom. The number of ether oxygens (including phenoxy) is 2. The van der Waals surface area contributed by atoms with Crippen LogP contribution in [0, 0.1) is 0 Å². The number of halogens is 2. The molecule has 0 bridgehead atoms. The third-order valence-electron chi connectivity index (χ3n) is 4.85. The van der Waals surface area contributed by atoms with Gasteiger partial charge in [0.25, 0.3) is 0 Å². The molecule has 1 aliphatic rings. The summed E-state index contributed by atoms with van der Waals surface area (Å²) in [5, 5.41) is 18.1. The summed E-state index contributed by atoms with van der Waals surface area (Å²) in [6.45, 7) is 0.882. The second-order valence-corrected chi connectivity index (χ2v) is 7.45. The van der Waals surface area contributed by atoms with Crippen LogP contribution in [0.2, 0.25) is 10.0 Å². The van der Waals surface area contributed by atoms with E-state index >= 15 is 0 Å². The summed E-state index contributed by atoms with van der Waals surface area (Å²) in [6, 6.07) is 8.38. The second kappa shape index (κ2) is 8.75. The van der Waals surface area contributed by atoms with Gasteiger partial charge in [0.05, 0.1) is 28.8 Å². The van der Waals surface area contributed by atoms with Crippen molar-refractivity contribution in [3.63, 3.8) is 0 Å². The molecule has 30 heavy (non-hydrogen) atoms. The molecule has 3 N–H and O–H groups in total. The van der Waals surface area contributed by atoms with E-state index in [1.807, 2.05) is 0 Å². The highest BCUT2D eigenvalue weighted by Crippen LogP contribution is 2.37.